The largest absolute Gasteiger partial charge is 0.462 e. The highest BCUT2D eigenvalue weighted by atomic mass is 16.6. The number of carbonyl (C=O) groups is 3. The molecule has 0 bridgehead atoms. The second kappa shape index (κ2) is 41.6. The fraction of sp³-hybridized carbons (Fsp3) is 0.936. The van der Waals surface area contributed by atoms with Gasteiger partial charge in [-0.2, -0.15) is 0 Å². The van der Waals surface area contributed by atoms with Crippen molar-refractivity contribution < 1.29 is 28.6 Å². The van der Waals surface area contributed by atoms with Crippen molar-refractivity contribution in [3.05, 3.63) is 0 Å². The molecule has 0 aliphatic heterocycles. The lowest BCUT2D eigenvalue weighted by atomic mass is 10.00. The summed E-state index contributed by atoms with van der Waals surface area (Å²) in [5.41, 5.74) is 0. The minimum Gasteiger partial charge on any atom is -0.462 e. The smallest absolute Gasteiger partial charge is 0.306 e. The van der Waals surface area contributed by atoms with E-state index in [1.807, 2.05) is 0 Å². The molecule has 0 rings (SSSR count). The van der Waals surface area contributed by atoms with Gasteiger partial charge in [0.2, 0.25) is 0 Å². The van der Waals surface area contributed by atoms with E-state index in [4.69, 9.17) is 14.2 Å². The number of unbranched alkanes of at least 4 members (excludes halogenated alkanes) is 28. The molecule has 314 valence electrons. The van der Waals surface area contributed by atoms with Crippen LogP contribution in [0.25, 0.3) is 0 Å². The molecule has 53 heavy (non-hydrogen) atoms. The minimum absolute atomic E-state index is 0.0641. The first-order valence-corrected chi connectivity index (χ1v) is 23.4. The van der Waals surface area contributed by atoms with Crippen LogP contribution in [0.5, 0.6) is 0 Å². The molecule has 0 amide bonds. The second-order valence-electron chi connectivity index (χ2n) is 16.3. The lowest BCUT2D eigenvalue weighted by Gasteiger charge is -2.18. The third kappa shape index (κ3) is 39.9. The van der Waals surface area contributed by atoms with Gasteiger partial charge in [0.1, 0.15) is 13.2 Å². The topological polar surface area (TPSA) is 78.9 Å². The molecular weight excluding hydrogens is 661 g/mol. The summed E-state index contributed by atoms with van der Waals surface area (Å²) in [6.07, 6.45) is 40.8. The van der Waals surface area contributed by atoms with Crippen LogP contribution in [0.15, 0.2) is 0 Å². The van der Waals surface area contributed by atoms with Gasteiger partial charge < -0.3 is 14.2 Å². The number of ether oxygens (including phenoxy) is 3. The van der Waals surface area contributed by atoms with Crippen LogP contribution >= 0.6 is 0 Å². The Bertz CT molecular complexity index is 798. The standard InChI is InChI=1S/C47H90O6/c1-5-8-10-12-14-16-18-20-22-24-26-32-36-40-47(50)53-44(42-52-46(49)39-35-31-28-27-29-33-37-43(4)7-3)41-51-45(48)38-34-30-25-23-21-19-17-15-13-11-9-6-2/h43-44H,5-42H2,1-4H3/t43?,44-/m1/s1. The molecule has 0 radical (unpaired) electrons. The Hall–Kier alpha value is -1.59. The van der Waals surface area contributed by atoms with Crippen molar-refractivity contribution in [1.29, 1.82) is 0 Å². The summed E-state index contributed by atoms with van der Waals surface area (Å²) in [6.45, 7) is 8.97. The first-order valence-electron chi connectivity index (χ1n) is 23.4. The van der Waals surface area contributed by atoms with Gasteiger partial charge >= 0.3 is 17.9 Å². The fourth-order valence-corrected chi connectivity index (χ4v) is 6.95. The molecule has 0 aliphatic carbocycles. The average molecular weight is 751 g/mol. The highest BCUT2D eigenvalue weighted by molar-refractivity contribution is 5.71. The van der Waals surface area contributed by atoms with Crippen LogP contribution < -0.4 is 0 Å². The van der Waals surface area contributed by atoms with E-state index in [-0.39, 0.29) is 31.1 Å². The van der Waals surface area contributed by atoms with Crippen molar-refractivity contribution in [1.82, 2.24) is 0 Å². The summed E-state index contributed by atoms with van der Waals surface area (Å²) in [5, 5.41) is 0. The van der Waals surface area contributed by atoms with Crippen molar-refractivity contribution in [3.63, 3.8) is 0 Å². The monoisotopic (exact) mass is 751 g/mol. The second-order valence-corrected chi connectivity index (χ2v) is 16.3. The predicted octanol–water partition coefficient (Wildman–Crippen LogP) is 14.7. The number of esters is 3. The minimum atomic E-state index is -0.759. The molecule has 0 aromatic rings. The van der Waals surface area contributed by atoms with Crippen LogP contribution in [-0.2, 0) is 28.6 Å². The van der Waals surface area contributed by atoms with Gasteiger partial charge in [-0.15, -0.1) is 0 Å². The molecule has 6 heteroatoms. The third-order valence-corrected chi connectivity index (χ3v) is 10.9. The summed E-state index contributed by atoms with van der Waals surface area (Å²) in [6, 6.07) is 0. The maximum absolute atomic E-state index is 12.7. The zero-order valence-corrected chi connectivity index (χ0v) is 36.0. The van der Waals surface area contributed by atoms with Crippen molar-refractivity contribution in [2.75, 3.05) is 13.2 Å². The fourth-order valence-electron chi connectivity index (χ4n) is 6.95. The van der Waals surface area contributed by atoms with Gasteiger partial charge in [-0.3, -0.25) is 14.4 Å². The molecule has 0 saturated carbocycles. The van der Waals surface area contributed by atoms with Crippen molar-refractivity contribution in [2.24, 2.45) is 5.92 Å². The Balaban J connectivity index is 4.33. The maximum Gasteiger partial charge on any atom is 0.306 e. The molecule has 0 N–H and O–H groups in total. The molecule has 1 unspecified atom stereocenters. The van der Waals surface area contributed by atoms with Crippen molar-refractivity contribution in [3.8, 4) is 0 Å². The zero-order valence-electron chi connectivity index (χ0n) is 36.0. The number of carbonyl (C=O) groups excluding carboxylic acids is 3. The summed E-state index contributed by atoms with van der Waals surface area (Å²) in [7, 11) is 0. The Morgan fingerprint density at radius 2 is 0.660 bits per heavy atom. The lowest BCUT2D eigenvalue weighted by Crippen LogP contribution is -2.30. The summed E-state index contributed by atoms with van der Waals surface area (Å²) in [5.74, 6) is -0.0403. The molecule has 0 aromatic carbocycles. The predicted molar refractivity (Wildman–Crippen MR) is 224 cm³/mol. The average Bonchev–Trinajstić information content (AvgIpc) is 3.15. The van der Waals surface area contributed by atoms with Gasteiger partial charge in [0.25, 0.3) is 0 Å². The summed E-state index contributed by atoms with van der Waals surface area (Å²) < 4.78 is 16.7. The zero-order chi connectivity index (χ0) is 38.9. The Morgan fingerprint density at radius 3 is 0.981 bits per heavy atom. The molecule has 0 aromatic heterocycles. The highest BCUT2D eigenvalue weighted by Crippen LogP contribution is 2.17. The van der Waals surface area contributed by atoms with Gasteiger partial charge in [0.15, 0.2) is 6.10 Å². The van der Waals surface area contributed by atoms with E-state index in [2.05, 4.69) is 27.7 Å². The Kier molecular flexibility index (Phi) is 40.3. The normalized spacial score (nSPS) is 12.5. The molecule has 0 heterocycles. The molecule has 6 nitrogen and oxygen atoms in total. The Morgan fingerprint density at radius 1 is 0.377 bits per heavy atom. The molecule has 0 fully saturated rings. The number of hydrogen-bond donors (Lipinski definition) is 0. The maximum atomic E-state index is 12.7. The van der Waals surface area contributed by atoms with Gasteiger partial charge in [-0.05, 0) is 25.2 Å². The first kappa shape index (κ1) is 51.4. The van der Waals surface area contributed by atoms with E-state index < -0.39 is 6.10 Å². The van der Waals surface area contributed by atoms with E-state index >= 15 is 0 Å². The van der Waals surface area contributed by atoms with Crippen LogP contribution in [0.2, 0.25) is 0 Å². The van der Waals surface area contributed by atoms with E-state index in [1.165, 1.54) is 154 Å². The van der Waals surface area contributed by atoms with Gasteiger partial charge in [-0.1, -0.05) is 220 Å². The van der Waals surface area contributed by atoms with E-state index in [0.717, 1.165) is 63.7 Å². The van der Waals surface area contributed by atoms with Crippen LogP contribution in [0, 0.1) is 5.92 Å². The highest BCUT2D eigenvalue weighted by Gasteiger charge is 2.19. The SMILES string of the molecule is CCCCCCCCCCCCCCCC(=O)O[C@H](COC(=O)CCCCCCCCCCCCCC)COC(=O)CCCCCCCCC(C)CC. The molecule has 2 atom stereocenters. The number of hydrogen-bond acceptors (Lipinski definition) is 6. The third-order valence-electron chi connectivity index (χ3n) is 10.9. The van der Waals surface area contributed by atoms with E-state index in [9.17, 15) is 14.4 Å². The molecule has 0 saturated heterocycles. The Labute approximate surface area is 329 Å². The molecular formula is C47H90O6. The quantitative estimate of drug-likeness (QED) is 0.0351. The first-order chi connectivity index (χ1) is 25.9. The van der Waals surface area contributed by atoms with Gasteiger partial charge in [-0.25, -0.2) is 0 Å². The van der Waals surface area contributed by atoms with E-state index in [0.29, 0.717) is 19.3 Å². The van der Waals surface area contributed by atoms with E-state index in [1.54, 1.807) is 0 Å². The van der Waals surface area contributed by atoms with Crippen LogP contribution in [0.1, 0.15) is 259 Å². The van der Waals surface area contributed by atoms with Crippen LogP contribution in [0.4, 0.5) is 0 Å². The van der Waals surface area contributed by atoms with Crippen LogP contribution in [-0.4, -0.2) is 37.2 Å². The molecule has 0 spiro atoms. The molecule has 0 aliphatic rings. The van der Waals surface area contributed by atoms with Gasteiger partial charge in [0, 0.05) is 19.3 Å². The lowest BCUT2D eigenvalue weighted by molar-refractivity contribution is -0.167. The summed E-state index contributed by atoms with van der Waals surface area (Å²) >= 11 is 0. The number of rotatable bonds is 42. The van der Waals surface area contributed by atoms with Gasteiger partial charge in [0.05, 0.1) is 0 Å². The van der Waals surface area contributed by atoms with Crippen molar-refractivity contribution >= 4 is 17.9 Å². The van der Waals surface area contributed by atoms with Crippen molar-refractivity contribution in [2.45, 2.75) is 265 Å². The van der Waals surface area contributed by atoms with Crippen LogP contribution in [0.3, 0.4) is 0 Å². The summed E-state index contributed by atoms with van der Waals surface area (Å²) in [4.78, 5) is 37.7.